The Hall–Kier alpha value is -5.90. The summed E-state index contributed by atoms with van der Waals surface area (Å²) in [6.07, 6.45) is 6.83. The molecule has 352 valence electrons. The number of pyridine rings is 1. The van der Waals surface area contributed by atoms with Crippen LogP contribution in [0.3, 0.4) is 0 Å². The molecule has 0 bridgehead atoms. The lowest BCUT2D eigenvalue weighted by Crippen LogP contribution is -2.47. The summed E-state index contributed by atoms with van der Waals surface area (Å²) in [5, 5.41) is 16.9. The van der Waals surface area contributed by atoms with E-state index < -0.39 is 47.6 Å². The molecule has 5 heterocycles. The predicted molar refractivity (Wildman–Crippen MR) is 255 cm³/mol. The molecule has 3 aliphatic rings. The topological polar surface area (TPSA) is 215 Å². The number of nitro groups is 1. The molecule has 2 fully saturated rings. The van der Waals surface area contributed by atoms with Gasteiger partial charge in [-0.15, -0.1) is 0 Å². The number of carbonyl (C=O) groups is 1. The summed E-state index contributed by atoms with van der Waals surface area (Å²) in [5.74, 6) is -1.23. The summed E-state index contributed by atoms with van der Waals surface area (Å²) in [5.41, 5.74) is 6.51. The monoisotopic (exact) mass is 971 g/mol. The molecule has 2 saturated heterocycles. The van der Waals surface area contributed by atoms with Gasteiger partial charge in [0.1, 0.15) is 18.2 Å². The minimum absolute atomic E-state index is 0.00685. The molecule has 6 aromatic rings. The van der Waals surface area contributed by atoms with E-state index in [1.165, 1.54) is 21.0 Å². The fraction of sp³-hybridized carbons (Fsp3) is 0.370. The van der Waals surface area contributed by atoms with Crippen LogP contribution < -0.4 is 14.4 Å². The van der Waals surface area contributed by atoms with Crippen LogP contribution in [0.1, 0.15) is 49.0 Å². The van der Waals surface area contributed by atoms with E-state index in [0.717, 1.165) is 74.4 Å². The first kappa shape index (κ1) is 46.2. The Morgan fingerprint density at radius 2 is 1.79 bits per heavy atom. The molecule has 3 aromatic heterocycles. The number of nitro benzene ring substituents is 1. The first-order valence-electron chi connectivity index (χ1n) is 21.9. The van der Waals surface area contributed by atoms with Crippen molar-refractivity contribution in [2.45, 2.75) is 44.1 Å². The van der Waals surface area contributed by atoms with Crippen LogP contribution in [0.2, 0.25) is 5.02 Å². The number of rotatable bonds is 13. The van der Waals surface area contributed by atoms with Crippen LogP contribution >= 0.6 is 11.6 Å². The van der Waals surface area contributed by atoms with Gasteiger partial charge in [-0.1, -0.05) is 43.2 Å². The molecule has 0 saturated carbocycles. The van der Waals surface area contributed by atoms with E-state index in [2.05, 4.69) is 55.6 Å². The summed E-state index contributed by atoms with van der Waals surface area (Å²) < 4.78 is 68.1. The van der Waals surface area contributed by atoms with E-state index in [4.69, 9.17) is 21.1 Å². The molecule has 21 heteroatoms. The largest absolute Gasteiger partial charge is 0.484 e. The number of sulfonamides is 2. The number of halogens is 1. The Balaban J connectivity index is 0.962. The molecule has 67 heavy (non-hydrogen) atoms. The standard InChI is InChI=1S/C46H50ClN9O9S2/c1-46(2)14-12-32(38(25-46)30-4-6-33(47)7-5-30)27-52-16-18-53(19-17-52)34-8-10-37(40(23-34)55-41-22-31-13-15-48-44(31)50-39(41)26-49-55)45(57)51-67(62,63)36-9-11-43(42(24-36)56(58)59)65-29-35-28-54(20-21-64-35)66(3,60)61/h4-11,13,15,22-24,26,35,49H,12,14,16-21,25,27-29H2,1-3H3,(H,51,57)/t35-/m0/s1. The number of nitrogens with one attached hydrogen (secondary N) is 2. The van der Waals surface area contributed by atoms with Crippen molar-refractivity contribution < 1.29 is 36.0 Å². The summed E-state index contributed by atoms with van der Waals surface area (Å²) >= 11 is 6.25. The van der Waals surface area contributed by atoms with Crippen molar-refractivity contribution in [3.05, 3.63) is 117 Å². The summed E-state index contributed by atoms with van der Waals surface area (Å²) in [7, 11) is -8.19. The maximum atomic E-state index is 14.2. The number of nitrogens with zero attached hydrogens (tertiary/aromatic N) is 7. The van der Waals surface area contributed by atoms with Gasteiger partial charge in [0, 0.05) is 80.4 Å². The van der Waals surface area contributed by atoms with Crippen molar-refractivity contribution in [2.75, 3.05) is 70.2 Å². The van der Waals surface area contributed by atoms with Crippen LogP contribution in [-0.4, -0.2) is 128 Å². The van der Waals surface area contributed by atoms with Crippen LogP contribution in [0, 0.1) is 15.5 Å². The van der Waals surface area contributed by atoms with Gasteiger partial charge in [-0.25, -0.2) is 31.5 Å². The van der Waals surface area contributed by atoms with Gasteiger partial charge in [-0.05, 0) is 90.4 Å². The number of aromatic amines is 1. The Morgan fingerprint density at radius 1 is 1.01 bits per heavy atom. The van der Waals surface area contributed by atoms with Crippen molar-refractivity contribution >= 4 is 76.6 Å². The Bertz CT molecular complexity index is 3150. The third-order valence-corrected chi connectivity index (χ3v) is 15.6. The summed E-state index contributed by atoms with van der Waals surface area (Å²) in [6, 6.07) is 20.1. The van der Waals surface area contributed by atoms with Crippen LogP contribution in [0.4, 0.5) is 11.4 Å². The lowest BCUT2D eigenvalue weighted by molar-refractivity contribution is -0.386. The van der Waals surface area contributed by atoms with E-state index in [1.54, 1.807) is 29.2 Å². The van der Waals surface area contributed by atoms with Crippen LogP contribution in [0.15, 0.2) is 95.7 Å². The quantitative estimate of drug-likeness (QED) is 0.0947. The number of carbonyl (C=O) groups excluding carboxylic acids is 1. The molecule has 0 unspecified atom stereocenters. The maximum Gasteiger partial charge on any atom is 0.312 e. The highest BCUT2D eigenvalue weighted by molar-refractivity contribution is 7.90. The molecular weight excluding hydrogens is 922 g/mol. The van der Waals surface area contributed by atoms with Crippen LogP contribution in [0.5, 0.6) is 5.75 Å². The summed E-state index contributed by atoms with van der Waals surface area (Å²) in [6.45, 7) is 8.54. The minimum Gasteiger partial charge on any atom is -0.484 e. The number of fused-ring (bicyclic) bond motifs is 2. The highest BCUT2D eigenvalue weighted by Crippen LogP contribution is 2.43. The van der Waals surface area contributed by atoms with Crippen molar-refractivity contribution in [3.8, 4) is 11.4 Å². The molecule has 2 N–H and O–H groups in total. The zero-order valence-electron chi connectivity index (χ0n) is 37.1. The Kier molecular flexibility index (Phi) is 12.6. The van der Waals surface area contributed by atoms with Crippen molar-refractivity contribution in [1.29, 1.82) is 0 Å². The van der Waals surface area contributed by atoms with Crippen molar-refractivity contribution in [1.82, 2.24) is 33.7 Å². The van der Waals surface area contributed by atoms with Crippen molar-refractivity contribution in [3.63, 3.8) is 0 Å². The number of aromatic nitrogens is 4. The van der Waals surface area contributed by atoms with Gasteiger partial charge in [0.25, 0.3) is 15.9 Å². The SMILES string of the molecule is CC1(C)CCC(CN2CCN(c3ccc(C(=O)NS(=O)(=O)c4ccc(OC[C@@H]5CN(S(C)(=O)=O)CCO5)c([N+](=O)[O-])c4)c(-n4[nH]cc5nc6nccc6cc54)c3)CC2)=C(c2ccc(Cl)cc2)C1. The fourth-order valence-corrected chi connectivity index (χ4v) is 11.0. The average molecular weight is 973 g/mol. The summed E-state index contributed by atoms with van der Waals surface area (Å²) in [4.78, 5) is 38.8. The molecule has 1 aliphatic carbocycles. The third kappa shape index (κ3) is 10.0. The second-order valence-corrected chi connectivity index (χ2v) is 22.1. The predicted octanol–water partition coefficient (Wildman–Crippen LogP) is 6.41. The number of piperazine rings is 1. The lowest BCUT2D eigenvalue weighted by Gasteiger charge is -2.39. The first-order valence-corrected chi connectivity index (χ1v) is 25.6. The van der Waals surface area contributed by atoms with E-state index in [1.807, 2.05) is 30.3 Å². The number of allylic oxidation sites excluding steroid dienone is 1. The Labute approximate surface area is 392 Å². The van der Waals surface area contributed by atoms with E-state index in [-0.39, 0.29) is 43.0 Å². The van der Waals surface area contributed by atoms with Gasteiger partial charge in [0.05, 0.1) is 39.4 Å². The molecule has 3 aromatic carbocycles. The molecule has 1 amide bonds. The molecule has 0 spiro atoms. The average Bonchev–Trinajstić information content (AvgIpc) is 3.94. The van der Waals surface area contributed by atoms with Crippen LogP contribution in [-0.2, 0) is 24.8 Å². The molecule has 18 nitrogen and oxygen atoms in total. The number of hydrogen-bond acceptors (Lipinski definition) is 13. The van der Waals surface area contributed by atoms with Crippen LogP contribution in [0.25, 0.3) is 33.3 Å². The highest BCUT2D eigenvalue weighted by Gasteiger charge is 2.32. The third-order valence-electron chi connectivity index (χ3n) is 12.7. The van der Waals surface area contributed by atoms with Gasteiger partial charge in [0.2, 0.25) is 10.0 Å². The van der Waals surface area contributed by atoms with E-state index >= 15 is 0 Å². The number of hydrogen-bond donors (Lipinski definition) is 2. The second-order valence-electron chi connectivity index (χ2n) is 18.0. The second kappa shape index (κ2) is 18.3. The fourth-order valence-electron chi connectivity index (χ4n) is 9.05. The van der Waals surface area contributed by atoms with Gasteiger partial charge < -0.3 is 14.4 Å². The van der Waals surface area contributed by atoms with Gasteiger partial charge in [-0.3, -0.25) is 29.6 Å². The van der Waals surface area contributed by atoms with Gasteiger partial charge in [0.15, 0.2) is 11.4 Å². The number of benzene rings is 3. The minimum atomic E-state index is -4.69. The lowest BCUT2D eigenvalue weighted by atomic mass is 9.72. The molecule has 9 rings (SSSR count). The maximum absolute atomic E-state index is 14.2. The zero-order chi connectivity index (χ0) is 47.3. The zero-order valence-corrected chi connectivity index (χ0v) is 39.5. The number of amides is 1. The molecular formula is C46H50ClN9O9S2. The number of anilines is 1. The van der Waals surface area contributed by atoms with Gasteiger partial charge >= 0.3 is 5.69 Å². The smallest absolute Gasteiger partial charge is 0.312 e. The first-order chi connectivity index (χ1) is 31.9. The number of ether oxygens (including phenoxy) is 2. The van der Waals surface area contributed by atoms with Crippen molar-refractivity contribution in [2.24, 2.45) is 5.41 Å². The molecule has 2 aliphatic heterocycles. The normalized spacial score (nSPS) is 18.7. The Morgan fingerprint density at radius 3 is 2.54 bits per heavy atom. The van der Waals surface area contributed by atoms with Gasteiger partial charge in [-0.2, -0.15) is 4.31 Å². The van der Waals surface area contributed by atoms with E-state index in [9.17, 15) is 31.7 Å². The molecule has 1 atom stereocenters. The number of H-pyrrole nitrogens is 1. The highest BCUT2D eigenvalue weighted by atomic mass is 35.5. The van der Waals surface area contributed by atoms with E-state index in [0.29, 0.717) is 40.5 Å². The molecule has 0 radical (unpaired) electrons. The number of morpholine rings is 1.